The van der Waals surface area contributed by atoms with E-state index in [0.29, 0.717) is 58.7 Å². The fourth-order valence-corrected chi connectivity index (χ4v) is 4.39. The van der Waals surface area contributed by atoms with Crippen LogP contribution in [0.1, 0.15) is 75.8 Å². The maximum atomic E-state index is 11.3. The maximum absolute atomic E-state index is 11.3. The second kappa shape index (κ2) is 19.1. The van der Waals surface area contributed by atoms with Crippen LogP contribution in [0.4, 0.5) is 0 Å². The first-order valence-corrected chi connectivity index (χ1v) is 14.4. The summed E-state index contributed by atoms with van der Waals surface area (Å²) in [6, 6.07) is 11.4. The van der Waals surface area contributed by atoms with E-state index < -0.39 is 0 Å². The van der Waals surface area contributed by atoms with Crippen molar-refractivity contribution in [2.45, 2.75) is 64.7 Å². The zero-order valence-electron chi connectivity index (χ0n) is 25.8. The van der Waals surface area contributed by atoms with Crippen LogP contribution < -0.4 is 23.7 Å². The molecule has 2 aromatic rings. The molecule has 0 aliphatic carbocycles. The van der Waals surface area contributed by atoms with Gasteiger partial charge in [-0.25, -0.2) is 4.79 Å². The molecule has 0 saturated carbocycles. The van der Waals surface area contributed by atoms with E-state index in [0.717, 1.165) is 37.7 Å². The van der Waals surface area contributed by atoms with Gasteiger partial charge in [-0.1, -0.05) is 57.6 Å². The number of carbonyl (C=O) groups excluding carboxylic acids is 1. The molecule has 0 spiro atoms. The highest BCUT2D eigenvalue weighted by Crippen LogP contribution is 2.40. The van der Waals surface area contributed by atoms with Gasteiger partial charge < -0.3 is 28.4 Å². The van der Waals surface area contributed by atoms with Crippen LogP contribution in [-0.4, -0.2) is 47.6 Å². The van der Waals surface area contributed by atoms with Gasteiger partial charge in [-0.05, 0) is 61.2 Å². The predicted molar refractivity (Wildman–Crippen MR) is 165 cm³/mol. The fraction of sp³-hybridized carbons (Fsp3) is 0.471. The molecule has 0 bridgehead atoms. The van der Waals surface area contributed by atoms with Crippen molar-refractivity contribution < 1.29 is 33.2 Å². The quantitative estimate of drug-likeness (QED) is 0.0515. The highest BCUT2D eigenvalue weighted by atomic mass is 16.5. The van der Waals surface area contributed by atoms with Gasteiger partial charge in [0.15, 0.2) is 23.0 Å². The highest BCUT2D eigenvalue weighted by molar-refractivity contribution is 5.91. The molecule has 8 nitrogen and oxygen atoms in total. The lowest BCUT2D eigenvalue weighted by Crippen LogP contribution is -2.05. The number of rotatable bonds is 20. The Kier molecular flexibility index (Phi) is 15.5. The van der Waals surface area contributed by atoms with Crippen LogP contribution in [0.5, 0.6) is 28.7 Å². The molecule has 0 N–H and O–H groups in total. The van der Waals surface area contributed by atoms with Gasteiger partial charge in [-0.3, -0.25) is 0 Å². The van der Waals surface area contributed by atoms with E-state index in [1.54, 1.807) is 46.5 Å². The van der Waals surface area contributed by atoms with Gasteiger partial charge in [0.25, 0.3) is 0 Å². The van der Waals surface area contributed by atoms with Crippen LogP contribution in [0, 0.1) is 11.3 Å². The Bertz CT molecular complexity index is 1200. The summed E-state index contributed by atoms with van der Waals surface area (Å²) < 4.78 is 32.9. The molecule has 0 aromatic heterocycles. The molecule has 42 heavy (non-hydrogen) atoms. The van der Waals surface area contributed by atoms with Gasteiger partial charge in [-0.2, -0.15) is 5.26 Å². The van der Waals surface area contributed by atoms with Crippen LogP contribution in [0.3, 0.4) is 0 Å². The van der Waals surface area contributed by atoms with Crippen LogP contribution in [0.2, 0.25) is 0 Å². The fourth-order valence-electron chi connectivity index (χ4n) is 4.39. The van der Waals surface area contributed by atoms with Crippen LogP contribution in [0.25, 0.3) is 11.6 Å². The third-order valence-corrected chi connectivity index (χ3v) is 6.72. The second-order valence-electron chi connectivity index (χ2n) is 9.94. The molecule has 2 aromatic carbocycles. The number of nitriles is 1. The van der Waals surface area contributed by atoms with E-state index in [4.69, 9.17) is 28.4 Å². The summed E-state index contributed by atoms with van der Waals surface area (Å²) >= 11 is 0. The van der Waals surface area contributed by atoms with Gasteiger partial charge in [-0.15, -0.1) is 0 Å². The normalized spacial score (nSPS) is 10.9. The van der Waals surface area contributed by atoms with E-state index in [1.807, 2.05) is 18.2 Å². The molecular formula is C34H45NO7. The summed E-state index contributed by atoms with van der Waals surface area (Å²) in [6.07, 6.45) is 11.8. The summed E-state index contributed by atoms with van der Waals surface area (Å²) in [4.78, 5) is 11.3. The van der Waals surface area contributed by atoms with Crippen LogP contribution in [-0.2, 0) is 9.53 Å². The molecule has 8 heteroatoms. The minimum absolute atomic E-state index is 0.301. The topological polar surface area (TPSA) is 96.2 Å². The number of methoxy groups -OCH3 is 4. The molecular weight excluding hydrogens is 534 g/mol. The third kappa shape index (κ3) is 11.0. The summed E-state index contributed by atoms with van der Waals surface area (Å²) in [5.41, 5.74) is 2.34. The lowest BCUT2D eigenvalue weighted by atomic mass is 10.0. The number of ether oxygens (including phenoxy) is 6. The maximum Gasteiger partial charge on any atom is 0.333 e. The predicted octanol–water partition coefficient (Wildman–Crippen LogP) is 7.79. The number of hydrogen-bond acceptors (Lipinski definition) is 8. The SMILES string of the molecule is C=C(C)C(=O)OCCCCCCCCCCCOc1ccc(C=C(C#N)c2cc(OC)c(OC)c(OC)c2)cc1OC. The summed E-state index contributed by atoms with van der Waals surface area (Å²) in [6.45, 7) is 6.34. The second-order valence-corrected chi connectivity index (χ2v) is 9.94. The number of nitrogens with zero attached hydrogens (tertiary/aromatic N) is 1. The van der Waals surface area contributed by atoms with Crippen LogP contribution in [0.15, 0.2) is 42.5 Å². The molecule has 0 heterocycles. The molecule has 0 fully saturated rings. The summed E-state index contributed by atoms with van der Waals surface area (Å²) in [5, 5.41) is 9.88. The van der Waals surface area contributed by atoms with Gasteiger partial charge in [0.05, 0.1) is 53.3 Å². The molecule has 228 valence electrons. The average molecular weight is 580 g/mol. The molecule has 0 atom stereocenters. The van der Waals surface area contributed by atoms with Crippen molar-refractivity contribution in [1.82, 2.24) is 0 Å². The summed E-state index contributed by atoms with van der Waals surface area (Å²) in [7, 11) is 6.23. The standard InChI is InChI=1S/C34H45NO7/c1-25(2)34(36)42-19-15-13-11-9-7-8-10-12-14-18-41-29-17-16-26(21-30(29)37-3)20-28(24-35)27-22-31(38-4)33(40-6)32(23-27)39-5/h16-17,20-23H,1,7-15,18-19H2,2-6H3. The van der Waals surface area contributed by atoms with Crippen molar-refractivity contribution in [2.24, 2.45) is 0 Å². The Morgan fingerprint density at radius 2 is 1.31 bits per heavy atom. The molecule has 0 unspecified atom stereocenters. The lowest BCUT2D eigenvalue weighted by molar-refractivity contribution is -0.139. The van der Waals surface area contributed by atoms with E-state index in [1.165, 1.54) is 32.8 Å². The Morgan fingerprint density at radius 3 is 1.81 bits per heavy atom. The van der Waals surface area contributed by atoms with Gasteiger partial charge in [0.1, 0.15) is 0 Å². The van der Waals surface area contributed by atoms with E-state index in [9.17, 15) is 10.1 Å². The number of allylic oxidation sites excluding steroid dienone is 1. The Labute approximate surface area is 250 Å². The molecule has 0 aliphatic heterocycles. The van der Waals surface area contributed by atoms with Gasteiger partial charge in [0.2, 0.25) is 5.75 Å². The van der Waals surface area contributed by atoms with Crippen molar-refractivity contribution in [3.63, 3.8) is 0 Å². The van der Waals surface area contributed by atoms with Crippen molar-refractivity contribution >= 4 is 17.6 Å². The zero-order chi connectivity index (χ0) is 30.7. The van der Waals surface area contributed by atoms with Crippen molar-refractivity contribution in [2.75, 3.05) is 41.7 Å². The van der Waals surface area contributed by atoms with E-state index in [2.05, 4.69) is 12.6 Å². The monoisotopic (exact) mass is 579 g/mol. The Balaban J connectivity index is 1.79. The molecule has 0 aliphatic rings. The first kappa shape index (κ1) is 34.1. The minimum atomic E-state index is -0.301. The first-order chi connectivity index (χ1) is 20.4. The van der Waals surface area contributed by atoms with Crippen LogP contribution >= 0.6 is 0 Å². The Morgan fingerprint density at radius 1 is 0.762 bits per heavy atom. The number of hydrogen-bond donors (Lipinski definition) is 0. The number of esters is 1. The number of unbranched alkanes of at least 4 members (excludes halogenated alkanes) is 8. The molecule has 0 amide bonds. The number of benzene rings is 2. The van der Waals surface area contributed by atoms with Crippen molar-refractivity contribution in [3.05, 3.63) is 53.6 Å². The van der Waals surface area contributed by atoms with E-state index >= 15 is 0 Å². The first-order valence-electron chi connectivity index (χ1n) is 14.4. The van der Waals surface area contributed by atoms with Crippen molar-refractivity contribution in [1.29, 1.82) is 5.26 Å². The van der Waals surface area contributed by atoms with E-state index in [-0.39, 0.29) is 5.97 Å². The average Bonchev–Trinajstić information content (AvgIpc) is 3.01. The van der Waals surface area contributed by atoms with Gasteiger partial charge in [0, 0.05) is 5.57 Å². The largest absolute Gasteiger partial charge is 0.493 e. The third-order valence-electron chi connectivity index (χ3n) is 6.72. The smallest absolute Gasteiger partial charge is 0.333 e. The molecule has 2 rings (SSSR count). The van der Waals surface area contributed by atoms with Crippen molar-refractivity contribution in [3.8, 4) is 34.8 Å². The zero-order valence-corrected chi connectivity index (χ0v) is 25.8. The molecule has 0 radical (unpaired) electrons. The Hall–Kier alpha value is -4.12. The van der Waals surface area contributed by atoms with Gasteiger partial charge >= 0.3 is 5.97 Å². The molecule has 0 saturated heterocycles. The lowest BCUT2D eigenvalue weighted by Gasteiger charge is -2.14. The highest BCUT2D eigenvalue weighted by Gasteiger charge is 2.16. The minimum Gasteiger partial charge on any atom is -0.493 e. The number of carbonyl (C=O) groups is 1. The summed E-state index contributed by atoms with van der Waals surface area (Å²) in [5.74, 6) is 2.41.